The van der Waals surface area contributed by atoms with Crippen LogP contribution in [0.2, 0.25) is 0 Å². The van der Waals surface area contributed by atoms with Crippen molar-refractivity contribution in [3.8, 4) is 12.3 Å². The van der Waals surface area contributed by atoms with Crippen molar-refractivity contribution in [3.05, 3.63) is 65.5 Å². The average molecular weight is 331 g/mol. The standard InChI is InChI=1S/C21H21N3O/c1-3-15-24-19-8-5-4-7-18(19)23-20(24)9-6-14-22-21(25)17-12-10-16(2)11-13-17/h1,4-5,7-8,10-13H,6,9,14-15H2,2H3,(H,22,25). The number of amides is 1. The maximum atomic E-state index is 12.1. The number of hydrogen-bond donors (Lipinski definition) is 1. The van der Waals surface area contributed by atoms with E-state index in [-0.39, 0.29) is 5.91 Å². The predicted molar refractivity (Wildman–Crippen MR) is 100 cm³/mol. The van der Waals surface area contributed by atoms with Crippen LogP contribution in [0.5, 0.6) is 0 Å². The number of nitrogens with one attached hydrogen (secondary N) is 1. The van der Waals surface area contributed by atoms with Gasteiger partial charge < -0.3 is 9.88 Å². The smallest absolute Gasteiger partial charge is 0.251 e. The SMILES string of the molecule is C#CCn1c(CCCNC(=O)c2ccc(C)cc2)nc2ccccc21. The van der Waals surface area contributed by atoms with Crippen molar-refractivity contribution in [3.63, 3.8) is 0 Å². The van der Waals surface area contributed by atoms with Gasteiger partial charge in [-0.25, -0.2) is 4.98 Å². The fraction of sp³-hybridized carbons (Fsp3) is 0.238. The van der Waals surface area contributed by atoms with Crippen molar-refractivity contribution in [1.29, 1.82) is 0 Å². The van der Waals surface area contributed by atoms with Crippen LogP contribution in [0.1, 0.15) is 28.2 Å². The monoisotopic (exact) mass is 331 g/mol. The van der Waals surface area contributed by atoms with Crippen molar-refractivity contribution in [2.45, 2.75) is 26.3 Å². The Morgan fingerprint density at radius 1 is 1.20 bits per heavy atom. The molecule has 0 aliphatic heterocycles. The molecule has 0 atom stereocenters. The van der Waals surface area contributed by atoms with Crippen LogP contribution in [0.4, 0.5) is 0 Å². The molecule has 0 saturated heterocycles. The summed E-state index contributed by atoms with van der Waals surface area (Å²) < 4.78 is 2.07. The number of carbonyl (C=O) groups is 1. The molecule has 25 heavy (non-hydrogen) atoms. The first kappa shape index (κ1) is 16.8. The highest BCUT2D eigenvalue weighted by atomic mass is 16.1. The van der Waals surface area contributed by atoms with Gasteiger partial charge in [-0.3, -0.25) is 4.79 Å². The summed E-state index contributed by atoms with van der Waals surface area (Å²) in [4.78, 5) is 16.8. The summed E-state index contributed by atoms with van der Waals surface area (Å²) in [6.45, 7) is 3.11. The molecule has 126 valence electrons. The minimum absolute atomic E-state index is 0.0443. The molecular formula is C21H21N3O. The lowest BCUT2D eigenvalue weighted by atomic mass is 10.1. The van der Waals surface area contributed by atoms with Crippen LogP contribution in [-0.4, -0.2) is 22.0 Å². The third-order valence-corrected chi connectivity index (χ3v) is 4.16. The molecule has 4 nitrogen and oxygen atoms in total. The quantitative estimate of drug-likeness (QED) is 0.556. The van der Waals surface area contributed by atoms with E-state index in [0.29, 0.717) is 18.7 Å². The molecule has 3 rings (SSSR count). The maximum absolute atomic E-state index is 12.1. The number of carbonyl (C=O) groups excluding carboxylic acids is 1. The number of fused-ring (bicyclic) bond motifs is 1. The third kappa shape index (κ3) is 3.89. The first-order chi connectivity index (χ1) is 12.2. The average Bonchev–Trinajstić information content (AvgIpc) is 2.97. The summed E-state index contributed by atoms with van der Waals surface area (Å²) in [5.74, 6) is 3.61. The zero-order chi connectivity index (χ0) is 17.6. The van der Waals surface area contributed by atoms with E-state index >= 15 is 0 Å². The molecule has 3 aromatic rings. The number of para-hydroxylation sites is 2. The summed E-state index contributed by atoms with van der Waals surface area (Å²) in [6.07, 6.45) is 7.07. The lowest BCUT2D eigenvalue weighted by Gasteiger charge is -2.07. The van der Waals surface area contributed by atoms with Crippen LogP contribution in [-0.2, 0) is 13.0 Å². The topological polar surface area (TPSA) is 46.9 Å². The first-order valence-electron chi connectivity index (χ1n) is 8.41. The number of benzene rings is 2. The summed E-state index contributed by atoms with van der Waals surface area (Å²) in [7, 11) is 0. The van der Waals surface area contributed by atoms with E-state index in [0.717, 1.165) is 35.3 Å². The number of aromatic nitrogens is 2. The van der Waals surface area contributed by atoms with Crippen LogP contribution in [0.25, 0.3) is 11.0 Å². The zero-order valence-electron chi connectivity index (χ0n) is 14.3. The molecule has 2 aromatic carbocycles. The summed E-state index contributed by atoms with van der Waals surface area (Å²) in [5.41, 5.74) is 3.84. The highest BCUT2D eigenvalue weighted by molar-refractivity contribution is 5.94. The molecule has 4 heteroatoms. The van der Waals surface area contributed by atoms with Gasteiger partial charge in [0.2, 0.25) is 0 Å². The number of rotatable bonds is 6. The van der Waals surface area contributed by atoms with E-state index in [1.807, 2.05) is 55.5 Å². The highest BCUT2D eigenvalue weighted by Crippen LogP contribution is 2.16. The van der Waals surface area contributed by atoms with Crippen molar-refractivity contribution in [2.75, 3.05) is 6.54 Å². The Bertz CT molecular complexity index is 916. The lowest BCUT2D eigenvalue weighted by Crippen LogP contribution is -2.25. The zero-order valence-corrected chi connectivity index (χ0v) is 14.3. The minimum Gasteiger partial charge on any atom is -0.352 e. The number of aryl methyl sites for hydroxylation is 2. The van der Waals surface area contributed by atoms with Gasteiger partial charge in [0.05, 0.1) is 17.6 Å². The van der Waals surface area contributed by atoms with E-state index in [4.69, 9.17) is 6.42 Å². The van der Waals surface area contributed by atoms with E-state index in [1.54, 1.807) is 0 Å². The van der Waals surface area contributed by atoms with E-state index in [2.05, 4.69) is 20.8 Å². The minimum atomic E-state index is -0.0443. The van der Waals surface area contributed by atoms with Gasteiger partial charge in [0.25, 0.3) is 5.91 Å². The Balaban J connectivity index is 1.59. The van der Waals surface area contributed by atoms with Crippen molar-refractivity contribution < 1.29 is 4.79 Å². The number of terminal acetylenes is 1. The third-order valence-electron chi connectivity index (χ3n) is 4.16. The molecule has 1 heterocycles. The highest BCUT2D eigenvalue weighted by Gasteiger charge is 2.10. The van der Waals surface area contributed by atoms with Crippen LogP contribution in [0.15, 0.2) is 48.5 Å². The fourth-order valence-corrected chi connectivity index (χ4v) is 2.84. The normalized spacial score (nSPS) is 10.6. The molecule has 0 spiro atoms. The molecule has 0 saturated carbocycles. The van der Waals surface area contributed by atoms with Crippen molar-refractivity contribution >= 4 is 16.9 Å². The van der Waals surface area contributed by atoms with Crippen LogP contribution >= 0.6 is 0 Å². The molecule has 0 aliphatic carbocycles. The van der Waals surface area contributed by atoms with Crippen LogP contribution in [0.3, 0.4) is 0 Å². The van der Waals surface area contributed by atoms with E-state index < -0.39 is 0 Å². The Morgan fingerprint density at radius 3 is 2.72 bits per heavy atom. The molecule has 1 amide bonds. The molecule has 0 aliphatic rings. The molecule has 0 unspecified atom stereocenters. The molecule has 1 N–H and O–H groups in total. The van der Waals surface area contributed by atoms with Crippen LogP contribution in [0, 0.1) is 19.3 Å². The van der Waals surface area contributed by atoms with Crippen molar-refractivity contribution in [1.82, 2.24) is 14.9 Å². The lowest BCUT2D eigenvalue weighted by molar-refractivity contribution is 0.0953. The summed E-state index contributed by atoms with van der Waals surface area (Å²) in [5, 5.41) is 2.96. The van der Waals surface area contributed by atoms with Gasteiger partial charge in [0, 0.05) is 18.5 Å². The molecule has 0 fully saturated rings. The van der Waals surface area contributed by atoms with Gasteiger partial charge in [0.15, 0.2) is 0 Å². The van der Waals surface area contributed by atoms with Crippen LogP contribution < -0.4 is 5.32 Å². The second-order valence-corrected chi connectivity index (χ2v) is 6.03. The second kappa shape index (κ2) is 7.67. The summed E-state index contributed by atoms with van der Waals surface area (Å²) >= 11 is 0. The number of hydrogen-bond acceptors (Lipinski definition) is 2. The van der Waals surface area contributed by atoms with E-state index in [1.165, 1.54) is 0 Å². The largest absolute Gasteiger partial charge is 0.352 e. The molecule has 0 bridgehead atoms. The van der Waals surface area contributed by atoms with Gasteiger partial charge >= 0.3 is 0 Å². The number of imidazole rings is 1. The Kier molecular flexibility index (Phi) is 5.15. The fourth-order valence-electron chi connectivity index (χ4n) is 2.84. The Labute approximate surface area is 147 Å². The molecule has 1 aromatic heterocycles. The van der Waals surface area contributed by atoms with Gasteiger partial charge in [-0.1, -0.05) is 35.7 Å². The van der Waals surface area contributed by atoms with E-state index in [9.17, 15) is 4.79 Å². The van der Waals surface area contributed by atoms with Crippen molar-refractivity contribution in [2.24, 2.45) is 0 Å². The predicted octanol–water partition coefficient (Wildman–Crippen LogP) is 3.34. The number of nitrogens with zero attached hydrogens (tertiary/aromatic N) is 2. The first-order valence-corrected chi connectivity index (χ1v) is 8.41. The van der Waals surface area contributed by atoms with Gasteiger partial charge in [-0.2, -0.15) is 0 Å². The van der Waals surface area contributed by atoms with Gasteiger partial charge in [-0.05, 0) is 37.6 Å². The Morgan fingerprint density at radius 2 is 1.96 bits per heavy atom. The summed E-state index contributed by atoms with van der Waals surface area (Å²) in [6, 6.07) is 15.6. The van der Waals surface area contributed by atoms with Gasteiger partial charge in [-0.15, -0.1) is 6.42 Å². The molecule has 0 radical (unpaired) electrons. The second-order valence-electron chi connectivity index (χ2n) is 6.03. The maximum Gasteiger partial charge on any atom is 0.251 e. The van der Waals surface area contributed by atoms with Gasteiger partial charge in [0.1, 0.15) is 5.82 Å². The Hall–Kier alpha value is -3.06. The molecular weight excluding hydrogens is 310 g/mol.